The number of carboxylic acid groups (broad SMARTS) is 1. The molecule has 0 aliphatic carbocycles. The first-order valence-electron chi connectivity index (χ1n) is 3.17. The highest BCUT2D eigenvalue weighted by Gasteiger charge is 2.07. The lowest BCUT2D eigenvalue weighted by Gasteiger charge is -2.04. The van der Waals surface area contributed by atoms with Gasteiger partial charge in [-0.25, -0.2) is 0 Å². The normalized spacial score (nSPS) is 12.5. The number of carbonyl (C=O) groups excluding carboxylic acids is 1. The monoisotopic (exact) mass is 161 g/mol. The van der Waals surface area contributed by atoms with E-state index in [4.69, 9.17) is 10.2 Å². The summed E-state index contributed by atoms with van der Waals surface area (Å²) < 4.78 is 0. The molecule has 0 saturated carbocycles. The van der Waals surface area contributed by atoms with E-state index in [9.17, 15) is 9.59 Å². The van der Waals surface area contributed by atoms with Crippen molar-refractivity contribution in [3.63, 3.8) is 0 Å². The lowest BCUT2D eigenvalue weighted by Crippen LogP contribution is -2.31. The van der Waals surface area contributed by atoms with E-state index in [2.05, 4.69) is 5.32 Å². The van der Waals surface area contributed by atoms with Crippen molar-refractivity contribution in [3.8, 4) is 0 Å². The van der Waals surface area contributed by atoms with E-state index in [1.165, 1.54) is 6.92 Å². The van der Waals surface area contributed by atoms with Crippen LogP contribution in [0.25, 0.3) is 0 Å². The lowest BCUT2D eigenvalue weighted by molar-refractivity contribution is -0.140. The zero-order chi connectivity index (χ0) is 8.85. The summed E-state index contributed by atoms with van der Waals surface area (Å²) in [5, 5.41) is 19.2. The van der Waals surface area contributed by atoms with Gasteiger partial charge < -0.3 is 10.2 Å². The fourth-order valence-electron chi connectivity index (χ4n) is 0.493. The number of aliphatic hydroxyl groups excluding tert-OH is 1. The minimum Gasteiger partial charge on any atom is -0.481 e. The van der Waals surface area contributed by atoms with Crippen LogP contribution < -0.4 is 5.32 Å². The number of aliphatic hydroxyl groups is 1. The predicted octanol–water partition coefficient (Wildman–Crippen LogP) is -1.04. The van der Waals surface area contributed by atoms with Crippen LogP contribution in [0.3, 0.4) is 0 Å². The number of nitrogens with one attached hydrogen (secondary N) is 1. The molecule has 0 bridgehead atoms. The van der Waals surface area contributed by atoms with Crippen LogP contribution in [0.4, 0.5) is 0 Å². The van der Waals surface area contributed by atoms with Crippen molar-refractivity contribution in [3.05, 3.63) is 0 Å². The van der Waals surface area contributed by atoms with Crippen LogP contribution in [0.2, 0.25) is 0 Å². The van der Waals surface area contributed by atoms with Crippen LogP contribution in [-0.4, -0.2) is 34.7 Å². The third-order valence-electron chi connectivity index (χ3n) is 0.943. The summed E-state index contributed by atoms with van der Waals surface area (Å²) in [5.41, 5.74) is 0. The minimum absolute atomic E-state index is 0.107. The van der Waals surface area contributed by atoms with Crippen LogP contribution in [0.1, 0.15) is 13.3 Å². The van der Waals surface area contributed by atoms with Gasteiger partial charge in [0.05, 0.1) is 6.54 Å². The SMILES string of the molecule is CC(O)NCC(=O)CC(=O)O. The molecule has 0 aliphatic rings. The van der Waals surface area contributed by atoms with Crippen molar-refractivity contribution in [2.45, 2.75) is 19.6 Å². The number of carboxylic acids is 1. The van der Waals surface area contributed by atoms with E-state index in [0.29, 0.717) is 0 Å². The summed E-state index contributed by atoms with van der Waals surface area (Å²) >= 11 is 0. The van der Waals surface area contributed by atoms with Gasteiger partial charge in [-0.1, -0.05) is 0 Å². The van der Waals surface area contributed by atoms with Gasteiger partial charge in [-0.2, -0.15) is 0 Å². The molecule has 5 heteroatoms. The zero-order valence-corrected chi connectivity index (χ0v) is 6.20. The van der Waals surface area contributed by atoms with E-state index in [-0.39, 0.29) is 6.54 Å². The second-order valence-electron chi connectivity index (χ2n) is 2.17. The number of carbonyl (C=O) groups is 2. The smallest absolute Gasteiger partial charge is 0.310 e. The second kappa shape index (κ2) is 4.81. The molecule has 0 spiro atoms. The molecule has 0 aromatic carbocycles. The maximum atomic E-state index is 10.6. The second-order valence-corrected chi connectivity index (χ2v) is 2.17. The summed E-state index contributed by atoms with van der Waals surface area (Å²) in [6.45, 7) is 1.35. The number of hydrogen-bond acceptors (Lipinski definition) is 4. The van der Waals surface area contributed by atoms with Gasteiger partial charge in [0, 0.05) is 0 Å². The summed E-state index contributed by atoms with van der Waals surface area (Å²) in [5.74, 6) is -1.60. The molecular formula is C6H11NO4. The summed E-state index contributed by atoms with van der Waals surface area (Å²) in [6, 6.07) is 0. The number of hydrogen-bond donors (Lipinski definition) is 3. The molecule has 3 N–H and O–H groups in total. The molecule has 5 nitrogen and oxygen atoms in total. The highest BCUT2D eigenvalue weighted by atomic mass is 16.4. The Labute approximate surface area is 64.0 Å². The summed E-state index contributed by atoms with van der Waals surface area (Å²) in [7, 11) is 0. The Kier molecular flexibility index (Phi) is 4.40. The van der Waals surface area contributed by atoms with Crippen molar-refractivity contribution < 1.29 is 19.8 Å². The Hall–Kier alpha value is -0.940. The first-order valence-corrected chi connectivity index (χ1v) is 3.17. The van der Waals surface area contributed by atoms with Crippen LogP contribution >= 0.6 is 0 Å². The van der Waals surface area contributed by atoms with Gasteiger partial charge in [0.25, 0.3) is 0 Å². The first kappa shape index (κ1) is 10.1. The number of aliphatic carboxylic acids is 1. The van der Waals surface area contributed by atoms with Crippen LogP contribution in [0.15, 0.2) is 0 Å². The van der Waals surface area contributed by atoms with Crippen LogP contribution in [0, 0.1) is 0 Å². The van der Waals surface area contributed by atoms with E-state index in [0.717, 1.165) is 0 Å². The fourth-order valence-corrected chi connectivity index (χ4v) is 0.493. The van der Waals surface area contributed by atoms with E-state index in [1.807, 2.05) is 0 Å². The third kappa shape index (κ3) is 6.95. The Morgan fingerprint density at radius 1 is 1.55 bits per heavy atom. The topological polar surface area (TPSA) is 86.6 Å². The molecule has 1 atom stereocenters. The molecule has 0 fully saturated rings. The zero-order valence-electron chi connectivity index (χ0n) is 6.20. The molecule has 0 heterocycles. The molecule has 1 unspecified atom stereocenters. The Balaban J connectivity index is 3.46. The predicted molar refractivity (Wildman–Crippen MR) is 36.9 cm³/mol. The Bertz CT molecular complexity index is 155. The minimum atomic E-state index is -1.15. The summed E-state index contributed by atoms with van der Waals surface area (Å²) in [6.07, 6.45) is -1.28. The quantitative estimate of drug-likeness (QED) is 0.354. The van der Waals surface area contributed by atoms with Gasteiger partial charge >= 0.3 is 5.97 Å². The lowest BCUT2D eigenvalue weighted by atomic mass is 10.3. The van der Waals surface area contributed by atoms with Crippen LogP contribution in [0.5, 0.6) is 0 Å². The van der Waals surface area contributed by atoms with E-state index >= 15 is 0 Å². The van der Waals surface area contributed by atoms with Gasteiger partial charge in [0.15, 0.2) is 5.78 Å². The van der Waals surface area contributed by atoms with Crippen molar-refractivity contribution in [2.75, 3.05) is 6.54 Å². The standard InChI is InChI=1S/C6H11NO4/c1-4(8)7-3-5(9)2-6(10)11/h4,7-8H,2-3H2,1H3,(H,10,11). The van der Waals surface area contributed by atoms with Gasteiger partial charge in [0.1, 0.15) is 12.6 Å². The molecule has 0 aromatic heterocycles. The van der Waals surface area contributed by atoms with Gasteiger partial charge in [-0.15, -0.1) is 0 Å². The molecule has 0 aromatic rings. The van der Waals surface area contributed by atoms with Crippen molar-refractivity contribution in [1.82, 2.24) is 5.32 Å². The maximum Gasteiger partial charge on any atom is 0.310 e. The fraction of sp³-hybridized carbons (Fsp3) is 0.667. The average molecular weight is 161 g/mol. The van der Waals surface area contributed by atoms with Crippen molar-refractivity contribution >= 4 is 11.8 Å². The molecule has 11 heavy (non-hydrogen) atoms. The number of rotatable bonds is 5. The van der Waals surface area contributed by atoms with Gasteiger partial charge in [-0.3, -0.25) is 14.9 Å². The van der Waals surface area contributed by atoms with Gasteiger partial charge in [0.2, 0.25) is 0 Å². The summed E-state index contributed by atoms with van der Waals surface area (Å²) in [4.78, 5) is 20.5. The Morgan fingerprint density at radius 2 is 2.09 bits per heavy atom. The highest BCUT2D eigenvalue weighted by molar-refractivity contribution is 5.95. The molecule has 0 amide bonds. The largest absolute Gasteiger partial charge is 0.481 e. The first-order chi connectivity index (χ1) is 5.02. The maximum absolute atomic E-state index is 10.6. The average Bonchev–Trinajstić information content (AvgIpc) is 1.82. The molecular weight excluding hydrogens is 150 g/mol. The molecule has 64 valence electrons. The highest BCUT2D eigenvalue weighted by Crippen LogP contribution is 1.82. The Morgan fingerprint density at radius 3 is 2.45 bits per heavy atom. The molecule has 0 rings (SSSR count). The van der Waals surface area contributed by atoms with E-state index in [1.54, 1.807) is 0 Å². The van der Waals surface area contributed by atoms with Crippen molar-refractivity contribution in [2.24, 2.45) is 0 Å². The molecule has 0 radical (unpaired) electrons. The third-order valence-corrected chi connectivity index (χ3v) is 0.943. The molecule has 0 saturated heterocycles. The molecule has 0 aliphatic heterocycles. The van der Waals surface area contributed by atoms with E-state index < -0.39 is 24.4 Å². The van der Waals surface area contributed by atoms with Crippen LogP contribution in [-0.2, 0) is 9.59 Å². The number of ketones is 1. The van der Waals surface area contributed by atoms with Gasteiger partial charge in [-0.05, 0) is 6.92 Å². The van der Waals surface area contributed by atoms with Crippen molar-refractivity contribution in [1.29, 1.82) is 0 Å². The number of Topliss-reactive ketones (excluding diaryl/α,β-unsaturated/α-hetero) is 1.